The van der Waals surface area contributed by atoms with Crippen LogP contribution in [0.3, 0.4) is 0 Å². The van der Waals surface area contributed by atoms with E-state index >= 15 is 0 Å². The van der Waals surface area contributed by atoms with Gasteiger partial charge in [-0.1, -0.05) is 22.0 Å². The molecule has 1 saturated carbocycles. The van der Waals surface area contributed by atoms with E-state index < -0.39 is 5.60 Å². The monoisotopic (exact) mass is 237 g/mol. The predicted octanol–water partition coefficient (Wildman–Crippen LogP) is 2.30. The highest BCUT2D eigenvalue weighted by molar-refractivity contribution is 9.10. The maximum atomic E-state index is 9.84. The summed E-state index contributed by atoms with van der Waals surface area (Å²) in [5.41, 5.74) is 0.610. The number of hydrogen-bond donors (Lipinski definition) is 1. The van der Waals surface area contributed by atoms with Crippen LogP contribution in [0.4, 0.5) is 0 Å². The molecule has 2 nitrogen and oxygen atoms in total. The maximum Gasteiger partial charge on any atom is 0.0996 e. The second-order valence-electron chi connectivity index (χ2n) is 3.33. The third-order valence-corrected chi connectivity index (χ3v) is 2.82. The van der Waals surface area contributed by atoms with Crippen molar-refractivity contribution >= 4 is 15.9 Å². The van der Waals surface area contributed by atoms with Crippen molar-refractivity contribution < 1.29 is 5.11 Å². The van der Waals surface area contributed by atoms with E-state index in [0.717, 1.165) is 22.9 Å². The molecule has 1 aliphatic carbocycles. The van der Waals surface area contributed by atoms with Gasteiger partial charge in [0.1, 0.15) is 0 Å². The fourth-order valence-corrected chi connectivity index (χ4v) is 1.76. The quantitative estimate of drug-likeness (QED) is 0.815. The summed E-state index contributed by atoms with van der Waals surface area (Å²) in [7, 11) is 0. The Balaban J connectivity index is 2.52. The van der Waals surface area contributed by atoms with Crippen LogP contribution < -0.4 is 0 Å². The van der Waals surface area contributed by atoms with E-state index in [4.69, 9.17) is 5.26 Å². The zero-order valence-corrected chi connectivity index (χ0v) is 8.50. The summed E-state index contributed by atoms with van der Waals surface area (Å²) in [6, 6.07) is 7.50. The number of rotatable bonds is 1. The van der Waals surface area contributed by atoms with Gasteiger partial charge in [0.25, 0.3) is 0 Å². The van der Waals surface area contributed by atoms with E-state index in [1.807, 2.05) is 12.1 Å². The Hall–Kier alpha value is -0.850. The van der Waals surface area contributed by atoms with E-state index in [9.17, 15) is 5.11 Å². The molecule has 0 amide bonds. The molecule has 0 aliphatic heterocycles. The second kappa shape index (κ2) is 2.83. The molecule has 0 atom stereocenters. The molecule has 0 spiro atoms. The van der Waals surface area contributed by atoms with Crippen LogP contribution in [0.15, 0.2) is 22.7 Å². The number of aliphatic hydroxyl groups is 1. The molecule has 3 heteroatoms. The Morgan fingerprint density at radius 1 is 1.46 bits per heavy atom. The fourth-order valence-electron chi connectivity index (χ4n) is 1.40. The molecular formula is C10H8BrNO. The number of halogens is 1. The number of nitriles is 1. The predicted molar refractivity (Wildman–Crippen MR) is 52.0 cm³/mol. The zero-order valence-electron chi connectivity index (χ0n) is 6.92. The van der Waals surface area contributed by atoms with Crippen molar-refractivity contribution in [2.75, 3.05) is 0 Å². The highest BCUT2D eigenvalue weighted by Crippen LogP contribution is 2.46. The smallest absolute Gasteiger partial charge is 0.0996 e. The van der Waals surface area contributed by atoms with Gasteiger partial charge in [0.2, 0.25) is 0 Å². The summed E-state index contributed by atoms with van der Waals surface area (Å²) >= 11 is 3.29. The van der Waals surface area contributed by atoms with Gasteiger partial charge in [-0.15, -0.1) is 0 Å². The molecule has 0 radical (unpaired) electrons. The molecule has 2 rings (SSSR count). The summed E-state index contributed by atoms with van der Waals surface area (Å²) in [6.07, 6.45) is 1.53. The van der Waals surface area contributed by atoms with Crippen LogP contribution in [0, 0.1) is 11.3 Å². The zero-order chi connectivity index (χ0) is 9.47. The Morgan fingerprint density at radius 3 is 2.69 bits per heavy atom. The molecule has 0 heterocycles. The molecule has 1 aromatic rings. The van der Waals surface area contributed by atoms with Crippen LogP contribution in [0.1, 0.15) is 24.0 Å². The van der Waals surface area contributed by atoms with Crippen molar-refractivity contribution in [1.82, 2.24) is 0 Å². The van der Waals surface area contributed by atoms with Gasteiger partial charge < -0.3 is 5.11 Å². The Morgan fingerprint density at radius 2 is 2.15 bits per heavy atom. The minimum atomic E-state index is -0.717. The summed E-state index contributed by atoms with van der Waals surface area (Å²) in [5, 5.41) is 18.7. The molecule has 1 fully saturated rings. The topological polar surface area (TPSA) is 44.0 Å². The van der Waals surface area contributed by atoms with E-state index in [1.165, 1.54) is 0 Å². The van der Waals surface area contributed by atoms with Crippen LogP contribution in [0.25, 0.3) is 0 Å². The van der Waals surface area contributed by atoms with Crippen LogP contribution in [-0.2, 0) is 5.60 Å². The molecule has 0 saturated heterocycles. The van der Waals surface area contributed by atoms with Crippen LogP contribution in [-0.4, -0.2) is 5.11 Å². The van der Waals surface area contributed by atoms with Crippen molar-refractivity contribution in [3.05, 3.63) is 33.8 Å². The second-order valence-corrected chi connectivity index (χ2v) is 4.25. The maximum absolute atomic E-state index is 9.84. The van der Waals surface area contributed by atoms with E-state index in [1.54, 1.807) is 6.07 Å². The average Bonchev–Trinajstić information content (AvgIpc) is 2.84. The van der Waals surface area contributed by atoms with Crippen LogP contribution >= 0.6 is 15.9 Å². The van der Waals surface area contributed by atoms with Crippen LogP contribution in [0.2, 0.25) is 0 Å². The third kappa shape index (κ3) is 1.48. The lowest BCUT2D eigenvalue weighted by Crippen LogP contribution is -2.06. The van der Waals surface area contributed by atoms with E-state index in [0.29, 0.717) is 5.56 Å². The first kappa shape index (κ1) is 8.74. The standard InChI is InChI=1S/C10H8BrNO/c11-8-1-2-9(7(5-8)6-12)10(13)3-4-10/h1-2,5,13H,3-4H2. The highest BCUT2D eigenvalue weighted by Gasteiger charge is 2.43. The molecule has 1 N–H and O–H groups in total. The molecule has 13 heavy (non-hydrogen) atoms. The van der Waals surface area contributed by atoms with Gasteiger partial charge in [0.15, 0.2) is 0 Å². The SMILES string of the molecule is N#Cc1cc(Br)ccc1C1(O)CC1. The minimum Gasteiger partial charge on any atom is -0.385 e. The first-order valence-electron chi connectivity index (χ1n) is 4.08. The minimum absolute atomic E-state index is 0.564. The summed E-state index contributed by atoms with van der Waals surface area (Å²) < 4.78 is 0.872. The third-order valence-electron chi connectivity index (χ3n) is 2.33. The van der Waals surface area contributed by atoms with Crippen LogP contribution in [0.5, 0.6) is 0 Å². The van der Waals surface area contributed by atoms with Crippen molar-refractivity contribution in [2.24, 2.45) is 0 Å². The van der Waals surface area contributed by atoms with Crippen molar-refractivity contribution in [1.29, 1.82) is 5.26 Å². The lowest BCUT2D eigenvalue weighted by Gasteiger charge is -2.09. The molecule has 66 valence electrons. The van der Waals surface area contributed by atoms with E-state index in [-0.39, 0.29) is 0 Å². The molecule has 1 aromatic carbocycles. The Kier molecular flexibility index (Phi) is 1.90. The normalized spacial score (nSPS) is 17.9. The van der Waals surface area contributed by atoms with Gasteiger partial charge in [0, 0.05) is 10.0 Å². The first-order chi connectivity index (χ1) is 6.15. The van der Waals surface area contributed by atoms with Gasteiger partial charge in [-0.2, -0.15) is 5.26 Å². The fraction of sp³-hybridized carbons (Fsp3) is 0.300. The summed E-state index contributed by atoms with van der Waals surface area (Å²) in [6.45, 7) is 0. The summed E-state index contributed by atoms with van der Waals surface area (Å²) in [5.74, 6) is 0. The molecule has 0 unspecified atom stereocenters. The average molecular weight is 238 g/mol. The van der Waals surface area contributed by atoms with Gasteiger partial charge in [0.05, 0.1) is 17.2 Å². The molecule has 0 aromatic heterocycles. The number of hydrogen-bond acceptors (Lipinski definition) is 2. The lowest BCUT2D eigenvalue weighted by molar-refractivity contribution is 0.151. The van der Waals surface area contributed by atoms with Crippen molar-refractivity contribution in [2.45, 2.75) is 18.4 Å². The highest BCUT2D eigenvalue weighted by atomic mass is 79.9. The first-order valence-corrected chi connectivity index (χ1v) is 4.87. The van der Waals surface area contributed by atoms with E-state index in [2.05, 4.69) is 22.0 Å². The largest absolute Gasteiger partial charge is 0.385 e. The van der Waals surface area contributed by atoms with Gasteiger partial charge >= 0.3 is 0 Å². The van der Waals surface area contributed by atoms with Gasteiger partial charge in [-0.25, -0.2) is 0 Å². The van der Waals surface area contributed by atoms with Crippen molar-refractivity contribution in [3.63, 3.8) is 0 Å². The lowest BCUT2D eigenvalue weighted by atomic mass is 10.0. The molecule has 0 bridgehead atoms. The molecular weight excluding hydrogens is 230 g/mol. The van der Waals surface area contributed by atoms with Gasteiger partial charge in [-0.05, 0) is 25.0 Å². The summed E-state index contributed by atoms with van der Waals surface area (Å²) in [4.78, 5) is 0. The molecule has 1 aliphatic rings. The van der Waals surface area contributed by atoms with Crippen molar-refractivity contribution in [3.8, 4) is 6.07 Å². The number of benzene rings is 1. The Bertz CT molecular complexity index is 390. The van der Waals surface area contributed by atoms with Gasteiger partial charge in [-0.3, -0.25) is 0 Å². The Labute approximate surface area is 84.9 Å². The number of nitrogens with zero attached hydrogens (tertiary/aromatic N) is 1.